The molecule has 1 heterocycles. The molecule has 0 atom stereocenters. The van der Waals surface area contributed by atoms with Gasteiger partial charge in [0.05, 0.1) is 6.10 Å². The van der Waals surface area contributed by atoms with E-state index in [1.807, 2.05) is 45.0 Å². The summed E-state index contributed by atoms with van der Waals surface area (Å²) < 4.78 is 5.61. The van der Waals surface area contributed by atoms with Gasteiger partial charge in [-0.15, -0.1) is 0 Å². The minimum Gasteiger partial charge on any atom is -0.491 e. The van der Waals surface area contributed by atoms with Crippen LogP contribution in [0.3, 0.4) is 0 Å². The third-order valence-electron chi connectivity index (χ3n) is 2.65. The van der Waals surface area contributed by atoms with Crippen LogP contribution in [0.5, 0.6) is 5.75 Å². The fourth-order valence-electron chi connectivity index (χ4n) is 1.78. The lowest BCUT2D eigenvalue weighted by molar-refractivity contribution is 0.242. The molecule has 2 aromatic rings. The smallest absolute Gasteiger partial charge is 0.161 e. The Morgan fingerprint density at radius 3 is 2.42 bits per heavy atom. The summed E-state index contributed by atoms with van der Waals surface area (Å²) in [6.07, 6.45) is 1.01. The zero-order valence-corrected chi connectivity index (χ0v) is 11.6. The first-order valence-electron chi connectivity index (χ1n) is 6.49. The van der Waals surface area contributed by atoms with E-state index in [9.17, 15) is 0 Å². The number of aromatic nitrogens is 2. The van der Waals surface area contributed by atoms with Crippen LogP contribution in [0.1, 0.15) is 26.5 Å². The predicted octanol–water partition coefficient (Wildman–Crippen LogP) is 3.08. The van der Waals surface area contributed by atoms with E-state index in [0.717, 1.165) is 23.4 Å². The van der Waals surface area contributed by atoms with Gasteiger partial charge in [-0.2, -0.15) is 0 Å². The van der Waals surface area contributed by atoms with Crippen molar-refractivity contribution in [2.45, 2.75) is 33.3 Å². The Kier molecular flexibility index (Phi) is 4.00. The maximum Gasteiger partial charge on any atom is 0.161 e. The summed E-state index contributed by atoms with van der Waals surface area (Å²) in [5.41, 5.74) is 7.68. The number of nitrogens with two attached hydrogens (primary N) is 1. The lowest BCUT2D eigenvalue weighted by atomic mass is 10.2. The molecule has 2 rings (SSSR count). The van der Waals surface area contributed by atoms with Crippen molar-refractivity contribution in [2.75, 3.05) is 5.73 Å². The fourth-order valence-corrected chi connectivity index (χ4v) is 1.78. The van der Waals surface area contributed by atoms with Gasteiger partial charge in [0.15, 0.2) is 5.82 Å². The highest BCUT2D eigenvalue weighted by molar-refractivity contribution is 5.58. The molecule has 0 radical (unpaired) electrons. The first kappa shape index (κ1) is 13.3. The fraction of sp³-hybridized carbons (Fsp3) is 0.333. The average Bonchev–Trinajstić information content (AvgIpc) is 2.38. The molecule has 0 fully saturated rings. The van der Waals surface area contributed by atoms with Crippen molar-refractivity contribution in [3.63, 3.8) is 0 Å². The predicted molar refractivity (Wildman–Crippen MR) is 77.0 cm³/mol. The Bertz CT molecular complexity index is 550. The normalized spacial score (nSPS) is 10.7. The second-order valence-corrected chi connectivity index (χ2v) is 4.65. The van der Waals surface area contributed by atoms with Gasteiger partial charge in [0.2, 0.25) is 0 Å². The van der Waals surface area contributed by atoms with E-state index < -0.39 is 0 Å². The van der Waals surface area contributed by atoms with Crippen LogP contribution in [0.4, 0.5) is 5.82 Å². The zero-order chi connectivity index (χ0) is 13.8. The van der Waals surface area contributed by atoms with E-state index >= 15 is 0 Å². The van der Waals surface area contributed by atoms with Crippen molar-refractivity contribution < 1.29 is 4.74 Å². The molecule has 0 unspecified atom stereocenters. The molecule has 0 aliphatic rings. The van der Waals surface area contributed by atoms with Gasteiger partial charge in [-0.25, -0.2) is 9.97 Å². The summed E-state index contributed by atoms with van der Waals surface area (Å²) in [6, 6.07) is 9.55. The molecule has 0 bridgehead atoms. The highest BCUT2D eigenvalue weighted by atomic mass is 16.5. The minimum atomic E-state index is 0.168. The summed E-state index contributed by atoms with van der Waals surface area (Å²) in [7, 11) is 0. The van der Waals surface area contributed by atoms with Gasteiger partial charge in [-0.1, -0.05) is 6.92 Å². The molecule has 0 saturated heterocycles. The van der Waals surface area contributed by atoms with Gasteiger partial charge in [-0.3, -0.25) is 0 Å². The SMILES string of the molecule is CCc1cc(N)nc(-c2ccc(OC(C)C)cc2)n1. The molecule has 0 aliphatic carbocycles. The van der Waals surface area contributed by atoms with Crippen molar-refractivity contribution in [3.8, 4) is 17.1 Å². The molecule has 1 aromatic carbocycles. The number of aryl methyl sites for hydroxylation is 1. The Labute approximate surface area is 113 Å². The number of benzene rings is 1. The maximum atomic E-state index is 5.79. The number of ether oxygens (including phenoxy) is 1. The standard InChI is InChI=1S/C15H19N3O/c1-4-12-9-14(16)18-15(17-12)11-5-7-13(8-6-11)19-10(2)3/h5-10H,4H2,1-3H3,(H2,16,17,18). The first-order valence-corrected chi connectivity index (χ1v) is 6.49. The molecular weight excluding hydrogens is 238 g/mol. The van der Waals surface area contributed by atoms with Crippen LogP contribution in [-0.2, 0) is 6.42 Å². The summed E-state index contributed by atoms with van der Waals surface area (Å²) in [5, 5.41) is 0. The molecule has 2 N–H and O–H groups in total. The Hall–Kier alpha value is -2.10. The van der Waals surface area contributed by atoms with E-state index in [0.29, 0.717) is 11.6 Å². The van der Waals surface area contributed by atoms with Crippen molar-refractivity contribution in [2.24, 2.45) is 0 Å². The summed E-state index contributed by atoms with van der Waals surface area (Å²) in [4.78, 5) is 8.75. The monoisotopic (exact) mass is 257 g/mol. The number of nitrogen functional groups attached to an aromatic ring is 1. The molecule has 1 aromatic heterocycles. The third kappa shape index (κ3) is 3.44. The molecule has 0 amide bonds. The van der Waals surface area contributed by atoms with Crippen molar-refractivity contribution in [1.29, 1.82) is 0 Å². The van der Waals surface area contributed by atoms with Gasteiger partial charge >= 0.3 is 0 Å². The van der Waals surface area contributed by atoms with Crippen LogP contribution in [0.25, 0.3) is 11.4 Å². The molecule has 19 heavy (non-hydrogen) atoms. The molecule has 0 saturated carbocycles. The maximum absolute atomic E-state index is 5.79. The molecule has 0 spiro atoms. The lowest BCUT2D eigenvalue weighted by Crippen LogP contribution is -2.05. The van der Waals surface area contributed by atoms with Crippen LogP contribution in [0, 0.1) is 0 Å². The number of anilines is 1. The second-order valence-electron chi connectivity index (χ2n) is 4.65. The van der Waals surface area contributed by atoms with Gasteiger partial charge in [0.1, 0.15) is 11.6 Å². The topological polar surface area (TPSA) is 61.0 Å². The minimum absolute atomic E-state index is 0.168. The number of nitrogens with zero attached hydrogens (tertiary/aromatic N) is 2. The van der Waals surface area contributed by atoms with E-state index in [2.05, 4.69) is 9.97 Å². The largest absolute Gasteiger partial charge is 0.491 e. The van der Waals surface area contributed by atoms with Gasteiger partial charge in [0, 0.05) is 17.3 Å². The van der Waals surface area contributed by atoms with Crippen molar-refractivity contribution in [3.05, 3.63) is 36.0 Å². The lowest BCUT2D eigenvalue weighted by Gasteiger charge is -2.10. The number of hydrogen-bond donors (Lipinski definition) is 1. The highest BCUT2D eigenvalue weighted by Gasteiger charge is 2.05. The molecule has 4 nitrogen and oxygen atoms in total. The van der Waals surface area contributed by atoms with Crippen LogP contribution >= 0.6 is 0 Å². The molecular formula is C15H19N3O. The van der Waals surface area contributed by atoms with E-state index in [4.69, 9.17) is 10.5 Å². The Morgan fingerprint density at radius 2 is 1.84 bits per heavy atom. The van der Waals surface area contributed by atoms with E-state index in [1.54, 1.807) is 6.07 Å². The van der Waals surface area contributed by atoms with Crippen LogP contribution in [0.2, 0.25) is 0 Å². The molecule has 0 aliphatic heterocycles. The van der Waals surface area contributed by atoms with Crippen LogP contribution in [0.15, 0.2) is 30.3 Å². The van der Waals surface area contributed by atoms with Crippen molar-refractivity contribution >= 4 is 5.82 Å². The average molecular weight is 257 g/mol. The van der Waals surface area contributed by atoms with Gasteiger partial charge in [0.25, 0.3) is 0 Å². The Balaban J connectivity index is 2.29. The molecule has 100 valence electrons. The third-order valence-corrected chi connectivity index (χ3v) is 2.65. The highest BCUT2D eigenvalue weighted by Crippen LogP contribution is 2.21. The number of hydrogen-bond acceptors (Lipinski definition) is 4. The quantitative estimate of drug-likeness (QED) is 0.914. The second kappa shape index (κ2) is 5.69. The van der Waals surface area contributed by atoms with Crippen LogP contribution in [-0.4, -0.2) is 16.1 Å². The van der Waals surface area contributed by atoms with Crippen LogP contribution < -0.4 is 10.5 Å². The van der Waals surface area contributed by atoms with Gasteiger partial charge in [-0.05, 0) is 44.5 Å². The number of rotatable bonds is 4. The molecule has 4 heteroatoms. The summed E-state index contributed by atoms with van der Waals surface area (Å²) in [6.45, 7) is 6.05. The van der Waals surface area contributed by atoms with E-state index in [1.165, 1.54) is 0 Å². The Morgan fingerprint density at radius 1 is 1.16 bits per heavy atom. The zero-order valence-electron chi connectivity index (χ0n) is 11.6. The van der Waals surface area contributed by atoms with Gasteiger partial charge < -0.3 is 10.5 Å². The summed E-state index contributed by atoms with van der Waals surface area (Å²) >= 11 is 0. The van der Waals surface area contributed by atoms with Crippen molar-refractivity contribution in [1.82, 2.24) is 9.97 Å². The van der Waals surface area contributed by atoms with E-state index in [-0.39, 0.29) is 6.10 Å². The summed E-state index contributed by atoms with van der Waals surface area (Å²) in [5.74, 6) is 2.01. The first-order chi connectivity index (χ1) is 9.08.